The summed E-state index contributed by atoms with van der Waals surface area (Å²) in [7, 11) is 0. The van der Waals surface area contributed by atoms with E-state index in [0.717, 1.165) is 44.9 Å². The molecular formula is C15H28N2O3. The fourth-order valence-corrected chi connectivity index (χ4v) is 2.88. The summed E-state index contributed by atoms with van der Waals surface area (Å²) in [5.74, 6) is -0.730. The maximum Gasteiger partial charge on any atom is 0.317 e. The number of carboxylic acids is 1. The summed E-state index contributed by atoms with van der Waals surface area (Å²) in [4.78, 5) is 24.5. The van der Waals surface area contributed by atoms with E-state index in [1.54, 1.807) is 0 Å². The number of carbonyl (C=O) groups excluding carboxylic acids is 1. The molecule has 0 aliphatic carbocycles. The minimum absolute atomic E-state index is 0.0624. The van der Waals surface area contributed by atoms with Crippen LogP contribution in [0.5, 0.6) is 0 Å². The number of rotatable bonds is 8. The summed E-state index contributed by atoms with van der Waals surface area (Å²) < 4.78 is 0. The van der Waals surface area contributed by atoms with Gasteiger partial charge in [-0.05, 0) is 39.0 Å². The van der Waals surface area contributed by atoms with Crippen LogP contribution in [0.4, 0.5) is 4.79 Å². The molecule has 20 heavy (non-hydrogen) atoms. The number of hydrogen-bond acceptors (Lipinski definition) is 2. The molecule has 1 saturated heterocycles. The molecule has 2 unspecified atom stereocenters. The van der Waals surface area contributed by atoms with Crippen molar-refractivity contribution in [2.24, 2.45) is 0 Å². The molecule has 5 heteroatoms. The maximum atomic E-state index is 12.1. The SMILES string of the molecule is CCC1CCC(C)N1C(=O)NCCCCCCC(=O)O. The van der Waals surface area contributed by atoms with Gasteiger partial charge in [-0.15, -0.1) is 0 Å². The summed E-state index contributed by atoms with van der Waals surface area (Å²) in [6.07, 6.45) is 7.01. The third-order valence-corrected chi connectivity index (χ3v) is 4.09. The van der Waals surface area contributed by atoms with Crippen molar-refractivity contribution in [2.75, 3.05) is 6.54 Å². The van der Waals surface area contributed by atoms with Gasteiger partial charge in [0.25, 0.3) is 0 Å². The van der Waals surface area contributed by atoms with Crippen LogP contribution in [0.25, 0.3) is 0 Å². The molecule has 0 saturated carbocycles. The normalized spacial score (nSPS) is 22.0. The van der Waals surface area contributed by atoms with Crippen molar-refractivity contribution in [2.45, 2.75) is 77.3 Å². The second-order valence-corrected chi connectivity index (χ2v) is 5.69. The molecular weight excluding hydrogens is 256 g/mol. The Labute approximate surface area is 121 Å². The van der Waals surface area contributed by atoms with Gasteiger partial charge >= 0.3 is 12.0 Å². The lowest BCUT2D eigenvalue weighted by Gasteiger charge is -2.28. The first-order chi connectivity index (χ1) is 9.56. The van der Waals surface area contributed by atoms with Crippen molar-refractivity contribution >= 4 is 12.0 Å². The molecule has 1 rings (SSSR count). The van der Waals surface area contributed by atoms with Gasteiger partial charge in [-0.25, -0.2) is 4.79 Å². The smallest absolute Gasteiger partial charge is 0.317 e. The van der Waals surface area contributed by atoms with Crippen molar-refractivity contribution in [1.82, 2.24) is 10.2 Å². The molecule has 1 aliphatic rings. The number of urea groups is 1. The van der Waals surface area contributed by atoms with Gasteiger partial charge in [-0.1, -0.05) is 19.8 Å². The van der Waals surface area contributed by atoms with Gasteiger partial charge in [0.1, 0.15) is 0 Å². The number of amides is 2. The highest BCUT2D eigenvalue weighted by Crippen LogP contribution is 2.25. The van der Waals surface area contributed by atoms with E-state index in [4.69, 9.17) is 5.11 Å². The van der Waals surface area contributed by atoms with E-state index in [1.807, 2.05) is 4.90 Å². The van der Waals surface area contributed by atoms with Gasteiger partial charge in [0, 0.05) is 25.0 Å². The predicted molar refractivity (Wildman–Crippen MR) is 78.7 cm³/mol. The predicted octanol–water partition coefficient (Wildman–Crippen LogP) is 2.99. The van der Waals surface area contributed by atoms with Crippen LogP contribution < -0.4 is 5.32 Å². The average Bonchev–Trinajstić information content (AvgIpc) is 2.78. The van der Waals surface area contributed by atoms with Crippen molar-refractivity contribution < 1.29 is 14.7 Å². The van der Waals surface area contributed by atoms with Crippen LogP contribution in [-0.4, -0.2) is 40.6 Å². The summed E-state index contributed by atoms with van der Waals surface area (Å²) in [6, 6.07) is 0.795. The van der Waals surface area contributed by atoms with Crippen LogP contribution in [0, 0.1) is 0 Å². The number of unbranched alkanes of at least 4 members (excludes halogenated alkanes) is 3. The highest BCUT2D eigenvalue weighted by molar-refractivity contribution is 5.75. The van der Waals surface area contributed by atoms with Crippen LogP contribution in [0.3, 0.4) is 0 Å². The maximum absolute atomic E-state index is 12.1. The molecule has 2 N–H and O–H groups in total. The first kappa shape index (κ1) is 16.8. The lowest BCUT2D eigenvalue weighted by Crippen LogP contribution is -2.46. The van der Waals surface area contributed by atoms with Gasteiger partial charge in [-0.2, -0.15) is 0 Å². The molecule has 0 spiro atoms. The highest BCUT2D eigenvalue weighted by atomic mass is 16.4. The first-order valence-corrected chi connectivity index (χ1v) is 7.84. The number of likely N-dealkylation sites (tertiary alicyclic amines) is 1. The summed E-state index contributed by atoms with van der Waals surface area (Å²) in [5.41, 5.74) is 0. The molecule has 1 heterocycles. The second kappa shape index (κ2) is 8.82. The molecule has 2 amide bonds. The van der Waals surface area contributed by atoms with Crippen LogP contribution in [0.15, 0.2) is 0 Å². The molecule has 2 atom stereocenters. The monoisotopic (exact) mass is 284 g/mol. The van der Waals surface area contributed by atoms with Crippen LogP contribution in [0.1, 0.15) is 65.2 Å². The Morgan fingerprint density at radius 2 is 1.90 bits per heavy atom. The van der Waals surface area contributed by atoms with Gasteiger partial charge in [0.15, 0.2) is 0 Å². The van der Waals surface area contributed by atoms with E-state index in [1.165, 1.54) is 0 Å². The number of carboxylic acid groups (broad SMARTS) is 1. The fraction of sp³-hybridized carbons (Fsp3) is 0.867. The van der Waals surface area contributed by atoms with E-state index in [-0.39, 0.29) is 12.5 Å². The number of nitrogens with one attached hydrogen (secondary N) is 1. The topological polar surface area (TPSA) is 69.6 Å². The highest BCUT2D eigenvalue weighted by Gasteiger charge is 2.32. The number of nitrogens with zero attached hydrogens (tertiary/aromatic N) is 1. The second-order valence-electron chi connectivity index (χ2n) is 5.69. The Bertz CT molecular complexity index is 320. The largest absolute Gasteiger partial charge is 0.481 e. The van der Waals surface area contributed by atoms with E-state index in [2.05, 4.69) is 19.2 Å². The Hall–Kier alpha value is -1.26. The lowest BCUT2D eigenvalue weighted by molar-refractivity contribution is -0.137. The summed E-state index contributed by atoms with van der Waals surface area (Å²) in [5, 5.41) is 11.5. The quantitative estimate of drug-likeness (QED) is 0.673. The zero-order valence-corrected chi connectivity index (χ0v) is 12.7. The molecule has 0 radical (unpaired) electrons. The zero-order valence-electron chi connectivity index (χ0n) is 12.7. The average molecular weight is 284 g/mol. The van der Waals surface area contributed by atoms with Crippen LogP contribution >= 0.6 is 0 Å². The van der Waals surface area contributed by atoms with Gasteiger partial charge in [0.05, 0.1) is 0 Å². The third-order valence-electron chi connectivity index (χ3n) is 4.09. The van der Waals surface area contributed by atoms with E-state index < -0.39 is 5.97 Å². The number of carbonyl (C=O) groups is 2. The van der Waals surface area contributed by atoms with E-state index in [0.29, 0.717) is 18.6 Å². The van der Waals surface area contributed by atoms with E-state index >= 15 is 0 Å². The first-order valence-electron chi connectivity index (χ1n) is 7.84. The Morgan fingerprint density at radius 1 is 1.20 bits per heavy atom. The summed E-state index contributed by atoms with van der Waals surface area (Å²) >= 11 is 0. The molecule has 0 aromatic rings. The Kier molecular flexibility index (Phi) is 7.41. The van der Waals surface area contributed by atoms with Crippen LogP contribution in [0.2, 0.25) is 0 Å². The minimum Gasteiger partial charge on any atom is -0.481 e. The Morgan fingerprint density at radius 3 is 2.55 bits per heavy atom. The standard InChI is InChI=1S/C15H28N2O3/c1-3-13-10-9-12(2)17(13)15(20)16-11-7-5-4-6-8-14(18)19/h12-13H,3-11H2,1-2H3,(H,16,20)(H,18,19). The molecule has 1 fully saturated rings. The van der Waals surface area contributed by atoms with Crippen LogP contribution in [-0.2, 0) is 4.79 Å². The zero-order chi connectivity index (χ0) is 15.0. The molecule has 0 aromatic heterocycles. The van der Waals surface area contributed by atoms with Crippen molar-refractivity contribution in [3.8, 4) is 0 Å². The number of hydrogen-bond donors (Lipinski definition) is 2. The van der Waals surface area contributed by atoms with Gasteiger partial charge in [0.2, 0.25) is 0 Å². The van der Waals surface area contributed by atoms with Crippen molar-refractivity contribution in [3.05, 3.63) is 0 Å². The van der Waals surface area contributed by atoms with Crippen molar-refractivity contribution in [1.29, 1.82) is 0 Å². The molecule has 116 valence electrons. The third kappa shape index (κ3) is 5.39. The molecule has 5 nitrogen and oxygen atoms in total. The molecule has 0 bridgehead atoms. The minimum atomic E-state index is -0.730. The van der Waals surface area contributed by atoms with E-state index in [9.17, 15) is 9.59 Å². The van der Waals surface area contributed by atoms with Crippen molar-refractivity contribution in [3.63, 3.8) is 0 Å². The lowest BCUT2D eigenvalue weighted by atomic mass is 10.1. The molecule has 1 aliphatic heterocycles. The number of aliphatic carboxylic acids is 1. The van der Waals surface area contributed by atoms with Gasteiger partial charge in [-0.3, -0.25) is 4.79 Å². The fourth-order valence-electron chi connectivity index (χ4n) is 2.88. The molecule has 0 aromatic carbocycles. The summed E-state index contributed by atoms with van der Waals surface area (Å²) in [6.45, 7) is 4.93. The van der Waals surface area contributed by atoms with Gasteiger partial charge < -0.3 is 15.3 Å². The Balaban J connectivity index is 2.12.